The van der Waals surface area contributed by atoms with E-state index in [0.717, 1.165) is 33.4 Å². The second kappa shape index (κ2) is 14.7. The number of anilines is 1. The van der Waals surface area contributed by atoms with Crippen LogP contribution in [0.3, 0.4) is 0 Å². The SMILES string of the molecule is Cc1cc(/C=C(/CC[C@H]2OC[C@H]3C2=C(COc2ccccc2)C[C@H]2C(=O)N(c4cc(C(F)(F)F)cc(C(F)(F)F)c4)C(=O)[C@H]23)c2ccccc2)cc(C)c1O. The minimum absolute atomic E-state index is 0.0167. The summed E-state index contributed by atoms with van der Waals surface area (Å²) in [6.07, 6.45) is -7.79. The molecule has 12 heteroatoms. The highest BCUT2D eigenvalue weighted by Gasteiger charge is 2.58. The highest BCUT2D eigenvalue weighted by Crippen LogP contribution is 2.51. The van der Waals surface area contributed by atoms with Gasteiger partial charge >= 0.3 is 12.4 Å². The highest BCUT2D eigenvalue weighted by molar-refractivity contribution is 6.22. The van der Waals surface area contributed by atoms with Gasteiger partial charge in [-0.1, -0.05) is 54.6 Å². The lowest BCUT2D eigenvalue weighted by molar-refractivity contribution is -0.143. The molecule has 3 aliphatic rings. The Bertz CT molecular complexity index is 2120. The Morgan fingerprint density at radius 1 is 0.836 bits per heavy atom. The quantitative estimate of drug-likeness (QED) is 0.0796. The van der Waals surface area contributed by atoms with Crippen LogP contribution in [0.15, 0.2) is 102 Å². The van der Waals surface area contributed by atoms with Crippen LogP contribution in [0.2, 0.25) is 0 Å². The van der Waals surface area contributed by atoms with Crippen molar-refractivity contribution in [1.82, 2.24) is 0 Å². The number of para-hydroxylation sites is 1. The van der Waals surface area contributed by atoms with E-state index >= 15 is 0 Å². The predicted molar refractivity (Wildman–Crippen MR) is 194 cm³/mol. The zero-order valence-corrected chi connectivity index (χ0v) is 29.9. The second-order valence-electron chi connectivity index (χ2n) is 14.3. The predicted octanol–water partition coefficient (Wildman–Crippen LogP) is 9.97. The number of imide groups is 1. The number of ether oxygens (including phenoxy) is 2. The monoisotopic (exact) mass is 761 g/mol. The van der Waals surface area contributed by atoms with E-state index < -0.39 is 64.8 Å². The number of benzene rings is 4. The molecule has 0 bridgehead atoms. The number of fused-ring (bicyclic) bond motifs is 3. The first kappa shape index (κ1) is 37.9. The zero-order chi connectivity index (χ0) is 39.2. The summed E-state index contributed by atoms with van der Waals surface area (Å²) in [7, 11) is 0. The number of phenolic OH excluding ortho intramolecular Hbond substituents is 1. The number of carbonyl (C=O) groups excluding carboxylic acids is 2. The molecule has 4 aromatic carbocycles. The molecule has 4 aromatic rings. The Balaban J connectivity index is 1.23. The fourth-order valence-corrected chi connectivity index (χ4v) is 8.13. The Hall–Kier alpha value is -5.36. The molecular weight excluding hydrogens is 724 g/mol. The highest BCUT2D eigenvalue weighted by atomic mass is 19.4. The molecule has 4 atom stereocenters. The lowest BCUT2D eigenvalue weighted by atomic mass is 9.69. The van der Waals surface area contributed by atoms with Crippen molar-refractivity contribution in [2.75, 3.05) is 18.1 Å². The van der Waals surface area contributed by atoms with Gasteiger partial charge in [-0.3, -0.25) is 9.59 Å². The maximum Gasteiger partial charge on any atom is 0.416 e. The molecule has 2 saturated heterocycles. The molecular formula is C43H37F6NO5. The van der Waals surface area contributed by atoms with Gasteiger partial charge in [0.2, 0.25) is 11.8 Å². The summed E-state index contributed by atoms with van der Waals surface area (Å²) >= 11 is 0. The molecule has 0 spiro atoms. The van der Waals surface area contributed by atoms with E-state index in [4.69, 9.17) is 9.47 Å². The van der Waals surface area contributed by atoms with Crippen LogP contribution in [-0.2, 0) is 26.7 Å². The molecule has 0 saturated carbocycles. The number of phenols is 1. The molecule has 0 aromatic heterocycles. The molecule has 0 radical (unpaired) electrons. The molecule has 2 heterocycles. The standard InChI is InChI=1S/C43H37F6NO5/c1-24-15-26(16-25(2)39(24)51)17-28(27-9-5-3-6-10-27)13-14-36-37-29(22-54-33-11-7-4-8-12-33)18-34-38(35(37)23-55-36)41(53)50(40(34)52)32-20-30(42(44,45)46)19-31(21-32)43(47,48)49/h3-12,15-17,19-21,34-36,38,51H,13-14,18,22-23H2,1-2H3/b28-17-/t34-,35+,36-,38-/m1/s1. The van der Waals surface area contributed by atoms with Crippen molar-refractivity contribution in [2.24, 2.45) is 17.8 Å². The van der Waals surface area contributed by atoms with E-state index in [2.05, 4.69) is 0 Å². The molecule has 6 nitrogen and oxygen atoms in total. The van der Waals surface area contributed by atoms with Gasteiger partial charge in [-0.25, -0.2) is 4.90 Å². The first-order valence-corrected chi connectivity index (χ1v) is 17.8. The summed E-state index contributed by atoms with van der Waals surface area (Å²) in [6.45, 7) is 3.72. The number of hydrogen-bond donors (Lipinski definition) is 1. The van der Waals surface area contributed by atoms with E-state index in [1.165, 1.54) is 0 Å². The van der Waals surface area contributed by atoms with Gasteiger partial charge in [0.05, 0.1) is 41.4 Å². The van der Waals surface area contributed by atoms with E-state index in [0.29, 0.717) is 41.2 Å². The van der Waals surface area contributed by atoms with Gasteiger partial charge in [0.25, 0.3) is 0 Å². The van der Waals surface area contributed by atoms with E-state index in [-0.39, 0.29) is 31.5 Å². The minimum atomic E-state index is -5.16. The number of halogens is 6. The number of carbonyl (C=O) groups is 2. The van der Waals surface area contributed by atoms with Crippen molar-refractivity contribution in [1.29, 1.82) is 0 Å². The Morgan fingerprint density at radius 3 is 2.04 bits per heavy atom. The lowest BCUT2D eigenvalue weighted by Crippen LogP contribution is -2.35. The van der Waals surface area contributed by atoms with Gasteiger partial charge in [0.1, 0.15) is 18.1 Å². The van der Waals surface area contributed by atoms with Crippen LogP contribution in [0, 0.1) is 31.6 Å². The van der Waals surface area contributed by atoms with Crippen LogP contribution in [0.5, 0.6) is 11.5 Å². The lowest BCUT2D eigenvalue weighted by Gasteiger charge is -2.31. The topological polar surface area (TPSA) is 76.1 Å². The normalized spacial score (nSPS) is 21.6. The van der Waals surface area contributed by atoms with Gasteiger partial charge < -0.3 is 14.6 Å². The summed E-state index contributed by atoms with van der Waals surface area (Å²) < 4.78 is 95.4. The van der Waals surface area contributed by atoms with Gasteiger partial charge in [-0.2, -0.15) is 26.3 Å². The van der Waals surface area contributed by atoms with Crippen molar-refractivity contribution in [3.05, 3.63) is 136 Å². The number of aromatic hydroxyl groups is 1. The summed E-state index contributed by atoms with van der Waals surface area (Å²) in [6, 6.07) is 23.3. The second-order valence-corrected chi connectivity index (χ2v) is 14.3. The third kappa shape index (κ3) is 7.65. The molecule has 0 unspecified atom stereocenters. The van der Waals surface area contributed by atoms with Crippen LogP contribution >= 0.6 is 0 Å². The number of allylic oxidation sites excluding steroid dienone is 1. The largest absolute Gasteiger partial charge is 0.507 e. The molecule has 1 N–H and O–H groups in total. The first-order chi connectivity index (χ1) is 26.1. The summed E-state index contributed by atoms with van der Waals surface area (Å²) in [5.41, 5.74) is 1.77. The van der Waals surface area contributed by atoms with E-state index in [1.807, 2.05) is 68.5 Å². The molecule has 2 fully saturated rings. The number of aryl methyl sites for hydroxylation is 2. The maximum absolute atomic E-state index is 14.1. The molecule has 2 amide bonds. The molecule has 2 aliphatic heterocycles. The van der Waals surface area contributed by atoms with Crippen molar-refractivity contribution in [2.45, 2.75) is 51.6 Å². The Labute approximate surface area is 313 Å². The van der Waals surface area contributed by atoms with Gasteiger partial charge in [0, 0.05) is 5.92 Å². The number of nitrogens with zero attached hydrogens (tertiary/aromatic N) is 1. The van der Waals surface area contributed by atoms with Gasteiger partial charge in [-0.15, -0.1) is 0 Å². The fraction of sp³-hybridized carbons (Fsp3) is 0.302. The smallest absolute Gasteiger partial charge is 0.416 e. The minimum Gasteiger partial charge on any atom is -0.507 e. The zero-order valence-electron chi connectivity index (χ0n) is 29.9. The van der Waals surface area contributed by atoms with Crippen LogP contribution in [0.25, 0.3) is 11.6 Å². The van der Waals surface area contributed by atoms with Crippen LogP contribution < -0.4 is 9.64 Å². The Morgan fingerprint density at radius 2 is 1.44 bits per heavy atom. The first-order valence-electron chi connectivity index (χ1n) is 17.8. The number of rotatable bonds is 9. The fourth-order valence-electron chi connectivity index (χ4n) is 8.13. The summed E-state index contributed by atoms with van der Waals surface area (Å²) in [5, 5.41) is 10.4. The number of alkyl halides is 6. The van der Waals surface area contributed by atoms with E-state index in [1.54, 1.807) is 24.3 Å². The van der Waals surface area contributed by atoms with Crippen LogP contribution in [0.4, 0.5) is 32.0 Å². The third-order valence-electron chi connectivity index (χ3n) is 10.7. The van der Waals surface area contributed by atoms with Gasteiger partial charge in [-0.05, 0) is 115 Å². The van der Waals surface area contributed by atoms with E-state index in [9.17, 15) is 41.0 Å². The van der Waals surface area contributed by atoms with Crippen LogP contribution in [-0.4, -0.2) is 36.2 Å². The number of hydrogen-bond acceptors (Lipinski definition) is 5. The number of amides is 2. The molecule has 7 rings (SSSR count). The average molecular weight is 762 g/mol. The maximum atomic E-state index is 14.1. The summed E-state index contributed by atoms with van der Waals surface area (Å²) in [4.78, 5) is 28.6. The Kier molecular flexibility index (Phi) is 10.1. The average Bonchev–Trinajstić information content (AvgIpc) is 3.68. The van der Waals surface area contributed by atoms with Crippen molar-refractivity contribution in [3.63, 3.8) is 0 Å². The van der Waals surface area contributed by atoms with Crippen molar-refractivity contribution >= 4 is 29.2 Å². The van der Waals surface area contributed by atoms with Crippen molar-refractivity contribution < 1.29 is 50.5 Å². The van der Waals surface area contributed by atoms with Crippen molar-refractivity contribution in [3.8, 4) is 11.5 Å². The third-order valence-corrected chi connectivity index (χ3v) is 10.7. The molecule has 286 valence electrons. The van der Waals surface area contributed by atoms with Crippen LogP contribution in [0.1, 0.15) is 52.6 Å². The molecule has 55 heavy (non-hydrogen) atoms. The summed E-state index contributed by atoms with van der Waals surface area (Å²) in [5.74, 6) is -3.69. The van der Waals surface area contributed by atoms with Gasteiger partial charge in [0.15, 0.2) is 0 Å². The molecule has 1 aliphatic carbocycles.